The van der Waals surface area contributed by atoms with E-state index in [-0.39, 0.29) is 5.41 Å². The maximum Gasteiger partial charge on any atom is -0.00200 e. The van der Waals surface area contributed by atoms with E-state index in [4.69, 9.17) is 0 Å². The Hall–Kier alpha value is -8.84. The third-order valence-corrected chi connectivity index (χ3v) is 15.0. The SMILES string of the molecule is CC(C)(C)c1ccc2c(-c3cccc4ccccc34)c3ccccc3c(-c3cccc4ccccc34)c2c1.c1ccc2cc(-c3ccc4cc5ccccc5cc4c3-c3ccc4ccccc4c3)ccc2c1. The van der Waals surface area contributed by atoms with Crippen LogP contribution in [0.25, 0.3) is 131 Å². The molecule has 340 valence electrons. The zero-order chi connectivity index (χ0) is 48.3. The zero-order valence-electron chi connectivity index (χ0n) is 40.8. The molecule has 0 N–H and O–H groups in total. The summed E-state index contributed by atoms with van der Waals surface area (Å²) in [7, 11) is 0. The Bertz CT molecular complexity index is 4420. The van der Waals surface area contributed by atoms with Crippen LogP contribution in [0.1, 0.15) is 26.3 Å². The van der Waals surface area contributed by atoms with Gasteiger partial charge in [0, 0.05) is 0 Å². The van der Waals surface area contributed by atoms with Crippen molar-refractivity contribution in [3.63, 3.8) is 0 Å². The van der Waals surface area contributed by atoms with Crippen LogP contribution in [0.5, 0.6) is 0 Å². The molecule has 0 amide bonds. The molecule has 0 saturated heterocycles. The maximum atomic E-state index is 2.45. The van der Waals surface area contributed by atoms with Crippen LogP contribution in [0.15, 0.2) is 261 Å². The molecule has 0 nitrogen and oxygen atoms in total. The number of hydrogen-bond acceptors (Lipinski definition) is 0. The molecule has 0 heteroatoms. The van der Waals surface area contributed by atoms with Crippen molar-refractivity contribution in [1.82, 2.24) is 0 Å². The maximum absolute atomic E-state index is 2.45. The average Bonchev–Trinajstić information content (AvgIpc) is 3.43. The van der Waals surface area contributed by atoms with Crippen molar-refractivity contribution in [2.75, 3.05) is 0 Å². The first-order valence-corrected chi connectivity index (χ1v) is 25.2. The lowest BCUT2D eigenvalue weighted by atomic mass is 9.80. The number of benzene rings is 14. The Labute approximate surface area is 421 Å². The van der Waals surface area contributed by atoms with Gasteiger partial charge in [-0.2, -0.15) is 0 Å². The van der Waals surface area contributed by atoms with Crippen LogP contribution in [0.2, 0.25) is 0 Å². The number of rotatable bonds is 4. The van der Waals surface area contributed by atoms with Crippen molar-refractivity contribution in [3.8, 4) is 44.5 Å². The number of fused-ring (bicyclic) bond motifs is 8. The molecule has 0 aromatic heterocycles. The highest BCUT2D eigenvalue weighted by molar-refractivity contribution is 6.25. The van der Waals surface area contributed by atoms with Gasteiger partial charge >= 0.3 is 0 Å². The Morgan fingerprint density at radius 3 is 1.19 bits per heavy atom. The molecule has 0 spiro atoms. The van der Waals surface area contributed by atoms with Crippen LogP contribution >= 0.6 is 0 Å². The topological polar surface area (TPSA) is 0 Å². The van der Waals surface area contributed by atoms with E-state index in [9.17, 15) is 0 Å². The van der Waals surface area contributed by atoms with E-state index < -0.39 is 0 Å². The molecule has 14 rings (SSSR count). The molecular weight excluding hydrogens is 865 g/mol. The predicted octanol–water partition coefficient (Wildman–Crippen LogP) is 20.6. The molecule has 0 heterocycles. The van der Waals surface area contributed by atoms with Crippen LogP contribution in [0, 0.1) is 0 Å². The summed E-state index contributed by atoms with van der Waals surface area (Å²) in [6.45, 7) is 6.91. The molecule has 0 radical (unpaired) electrons. The molecule has 0 aliphatic heterocycles. The second-order valence-corrected chi connectivity index (χ2v) is 20.4. The minimum absolute atomic E-state index is 0.0511. The summed E-state index contributed by atoms with van der Waals surface area (Å²) in [6.07, 6.45) is 0. The van der Waals surface area contributed by atoms with Gasteiger partial charge in [-0.15, -0.1) is 0 Å². The van der Waals surface area contributed by atoms with E-state index in [0.717, 1.165) is 0 Å². The summed E-state index contributed by atoms with van der Waals surface area (Å²) < 4.78 is 0. The molecule has 0 aliphatic rings. The number of hydrogen-bond donors (Lipinski definition) is 0. The van der Waals surface area contributed by atoms with Crippen LogP contribution < -0.4 is 0 Å². The normalized spacial score (nSPS) is 11.8. The van der Waals surface area contributed by atoms with Crippen molar-refractivity contribution in [3.05, 3.63) is 266 Å². The summed E-state index contributed by atoms with van der Waals surface area (Å²) in [5, 5.41) is 20.5. The Kier molecular flexibility index (Phi) is 10.5. The monoisotopic (exact) mass is 916 g/mol. The molecule has 72 heavy (non-hydrogen) atoms. The largest absolute Gasteiger partial charge is 0.0616 e. The Morgan fingerprint density at radius 1 is 0.208 bits per heavy atom. The first-order chi connectivity index (χ1) is 35.3. The van der Waals surface area contributed by atoms with E-state index in [1.54, 1.807) is 0 Å². The molecule has 0 atom stereocenters. The highest BCUT2D eigenvalue weighted by Gasteiger charge is 2.22. The fraction of sp³-hybridized carbons (Fsp3) is 0.0556. The lowest BCUT2D eigenvalue weighted by Gasteiger charge is -2.23. The van der Waals surface area contributed by atoms with Gasteiger partial charge in [-0.25, -0.2) is 0 Å². The molecule has 0 aliphatic carbocycles. The van der Waals surface area contributed by atoms with Crippen molar-refractivity contribution in [2.45, 2.75) is 26.2 Å². The van der Waals surface area contributed by atoms with Gasteiger partial charge in [-0.3, -0.25) is 0 Å². The fourth-order valence-electron chi connectivity index (χ4n) is 11.4. The van der Waals surface area contributed by atoms with Crippen molar-refractivity contribution >= 4 is 86.2 Å². The molecule has 14 aromatic rings. The molecular formula is C72H52. The standard InChI is InChI=1S/C38H30.C34H22/c1-38(2,3)27-22-23-34-35(24-27)37(31-21-11-15-26-13-5-7-17-29(26)31)33-19-9-8-18-32(33)36(34)30-20-10-14-25-12-4-6-16-28(25)30;1-3-9-25-19-29(15-13-23(25)7-1)32-18-17-30-20-27-11-5-6-12-28(27)22-33(30)34(32)31-16-14-24-8-2-4-10-26(24)21-31/h4-24H,1-3H3;1-22H. The summed E-state index contributed by atoms with van der Waals surface area (Å²) in [6, 6.07) is 95.8. The second-order valence-electron chi connectivity index (χ2n) is 20.4. The van der Waals surface area contributed by atoms with Crippen LogP contribution in [-0.2, 0) is 5.41 Å². The van der Waals surface area contributed by atoms with Crippen LogP contribution in [0.4, 0.5) is 0 Å². The third-order valence-electron chi connectivity index (χ3n) is 15.0. The van der Waals surface area contributed by atoms with Gasteiger partial charge in [0.1, 0.15) is 0 Å². The third kappa shape index (κ3) is 7.56. The lowest BCUT2D eigenvalue weighted by Crippen LogP contribution is -2.10. The van der Waals surface area contributed by atoms with E-state index in [0.29, 0.717) is 0 Å². The van der Waals surface area contributed by atoms with Gasteiger partial charge in [0.05, 0.1) is 0 Å². The second kappa shape index (κ2) is 17.5. The summed E-state index contributed by atoms with van der Waals surface area (Å²) in [5.41, 5.74) is 11.7. The molecule has 0 fully saturated rings. The van der Waals surface area contributed by atoms with Crippen molar-refractivity contribution < 1.29 is 0 Å². The molecule has 0 saturated carbocycles. The Balaban J connectivity index is 0.000000141. The van der Waals surface area contributed by atoms with Gasteiger partial charge in [-0.05, 0) is 172 Å². The van der Waals surface area contributed by atoms with E-state index >= 15 is 0 Å². The first kappa shape index (κ1) is 43.2. The molecule has 14 aromatic carbocycles. The summed E-state index contributed by atoms with van der Waals surface area (Å²) in [4.78, 5) is 0. The lowest BCUT2D eigenvalue weighted by molar-refractivity contribution is 0.591. The van der Waals surface area contributed by atoms with E-state index in [1.165, 1.54) is 136 Å². The highest BCUT2D eigenvalue weighted by Crippen LogP contribution is 2.48. The van der Waals surface area contributed by atoms with Gasteiger partial charge in [0.25, 0.3) is 0 Å². The fourth-order valence-corrected chi connectivity index (χ4v) is 11.4. The quantitative estimate of drug-likeness (QED) is 0.154. The minimum Gasteiger partial charge on any atom is -0.0616 e. The van der Waals surface area contributed by atoms with Crippen LogP contribution in [-0.4, -0.2) is 0 Å². The van der Waals surface area contributed by atoms with Crippen LogP contribution in [0.3, 0.4) is 0 Å². The zero-order valence-corrected chi connectivity index (χ0v) is 40.8. The van der Waals surface area contributed by atoms with Crippen molar-refractivity contribution in [1.29, 1.82) is 0 Å². The average molecular weight is 917 g/mol. The van der Waals surface area contributed by atoms with Gasteiger partial charge in [0.15, 0.2) is 0 Å². The molecule has 0 unspecified atom stereocenters. The van der Waals surface area contributed by atoms with Crippen molar-refractivity contribution in [2.24, 2.45) is 0 Å². The first-order valence-electron chi connectivity index (χ1n) is 25.2. The predicted molar refractivity (Wildman–Crippen MR) is 313 cm³/mol. The van der Waals surface area contributed by atoms with E-state index in [1.807, 2.05) is 0 Å². The Morgan fingerprint density at radius 2 is 0.625 bits per heavy atom. The van der Waals surface area contributed by atoms with Gasteiger partial charge < -0.3 is 0 Å². The van der Waals surface area contributed by atoms with Gasteiger partial charge in [0.2, 0.25) is 0 Å². The minimum atomic E-state index is 0.0511. The summed E-state index contributed by atoms with van der Waals surface area (Å²) >= 11 is 0. The highest BCUT2D eigenvalue weighted by atomic mass is 14.3. The smallest absolute Gasteiger partial charge is 0.00200 e. The summed E-state index contributed by atoms with van der Waals surface area (Å²) in [5.74, 6) is 0. The van der Waals surface area contributed by atoms with Gasteiger partial charge in [-0.1, -0.05) is 251 Å². The molecule has 0 bridgehead atoms. The van der Waals surface area contributed by atoms with E-state index in [2.05, 4.69) is 282 Å².